The Labute approximate surface area is 177 Å². The van der Waals surface area contributed by atoms with E-state index in [0.717, 1.165) is 31.6 Å². The van der Waals surface area contributed by atoms with Crippen LogP contribution in [0.2, 0.25) is 0 Å². The molecule has 5 heteroatoms. The standard InChI is InChI=1S/C25H27NO4/c1-2-3-4-18-5-9-20(10-6-18)24(27)30-23-15-11-21(12-16-23)25(28)29-22-13-7-19(17-26)8-14-22/h7-8,11-16,18,20H,2-6,9-10H2,1H3. The number of hydrogen-bond acceptors (Lipinski definition) is 5. The van der Waals surface area contributed by atoms with E-state index in [4.69, 9.17) is 14.7 Å². The third kappa shape index (κ3) is 5.93. The first-order valence-electron chi connectivity index (χ1n) is 10.6. The first kappa shape index (κ1) is 21.6. The summed E-state index contributed by atoms with van der Waals surface area (Å²) in [5.41, 5.74) is 0.853. The van der Waals surface area contributed by atoms with Crippen LogP contribution in [-0.2, 0) is 4.79 Å². The number of ether oxygens (including phenoxy) is 2. The van der Waals surface area contributed by atoms with E-state index in [1.54, 1.807) is 48.5 Å². The largest absolute Gasteiger partial charge is 0.426 e. The monoisotopic (exact) mass is 405 g/mol. The summed E-state index contributed by atoms with van der Waals surface area (Å²) in [5, 5.41) is 8.81. The third-order valence-corrected chi connectivity index (χ3v) is 5.65. The van der Waals surface area contributed by atoms with E-state index in [-0.39, 0.29) is 11.9 Å². The normalized spacial score (nSPS) is 18.3. The van der Waals surface area contributed by atoms with Gasteiger partial charge in [0.15, 0.2) is 0 Å². The van der Waals surface area contributed by atoms with Crippen LogP contribution in [0.5, 0.6) is 11.5 Å². The molecule has 0 amide bonds. The van der Waals surface area contributed by atoms with Crippen LogP contribution >= 0.6 is 0 Å². The fourth-order valence-electron chi connectivity index (χ4n) is 3.80. The molecule has 30 heavy (non-hydrogen) atoms. The molecule has 0 radical (unpaired) electrons. The third-order valence-electron chi connectivity index (χ3n) is 5.65. The van der Waals surface area contributed by atoms with E-state index >= 15 is 0 Å². The molecule has 0 unspecified atom stereocenters. The molecule has 1 aliphatic rings. The Kier molecular flexibility index (Phi) is 7.62. The molecular formula is C25H27NO4. The molecule has 3 rings (SSSR count). The van der Waals surface area contributed by atoms with Crippen LogP contribution in [0.3, 0.4) is 0 Å². The van der Waals surface area contributed by atoms with E-state index in [2.05, 4.69) is 6.92 Å². The molecule has 156 valence electrons. The average molecular weight is 405 g/mol. The second kappa shape index (κ2) is 10.6. The molecular weight excluding hydrogens is 378 g/mol. The fourth-order valence-corrected chi connectivity index (χ4v) is 3.80. The summed E-state index contributed by atoms with van der Waals surface area (Å²) in [4.78, 5) is 24.7. The highest BCUT2D eigenvalue weighted by Gasteiger charge is 2.27. The predicted octanol–water partition coefficient (Wildman–Crippen LogP) is 5.68. The van der Waals surface area contributed by atoms with Gasteiger partial charge >= 0.3 is 11.9 Å². The van der Waals surface area contributed by atoms with Gasteiger partial charge < -0.3 is 9.47 Å². The molecule has 2 aromatic rings. The first-order chi connectivity index (χ1) is 14.6. The summed E-state index contributed by atoms with van der Waals surface area (Å²) in [7, 11) is 0. The van der Waals surface area contributed by atoms with Gasteiger partial charge in [-0.1, -0.05) is 26.2 Å². The van der Waals surface area contributed by atoms with Gasteiger partial charge in [-0.2, -0.15) is 5.26 Å². The minimum absolute atomic E-state index is 0.0381. The fraction of sp³-hybridized carbons (Fsp3) is 0.400. The number of hydrogen-bond donors (Lipinski definition) is 0. The number of nitrogens with zero attached hydrogens (tertiary/aromatic N) is 1. The Morgan fingerprint density at radius 1 is 0.933 bits per heavy atom. The second-order valence-corrected chi connectivity index (χ2v) is 7.83. The van der Waals surface area contributed by atoms with Crippen LogP contribution in [0.15, 0.2) is 48.5 Å². The van der Waals surface area contributed by atoms with Crippen molar-refractivity contribution in [3.05, 3.63) is 59.7 Å². The minimum Gasteiger partial charge on any atom is -0.426 e. The zero-order valence-electron chi connectivity index (χ0n) is 17.3. The minimum atomic E-state index is -0.511. The maximum atomic E-state index is 12.5. The van der Waals surface area contributed by atoms with Gasteiger partial charge in [-0.3, -0.25) is 4.79 Å². The molecule has 1 saturated carbocycles. The van der Waals surface area contributed by atoms with Crippen molar-refractivity contribution in [1.29, 1.82) is 5.26 Å². The highest BCUT2D eigenvalue weighted by Crippen LogP contribution is 2.32. The number of esters is 2. The summed E-state index contributed by atoms with van der Waals surface area (Å²) in [6, 6.07) is 14.7. The van der Waals surface area contributed by atoms with Crippen molar-refractivity contribution in [1.82, 2.24) is 0 Å². The smallest absolute Gasteiger partial charge is 0.343 e. The van der Waals surface area contributed by atoms with Crippen LogP contribution in [0.4, 0.5) is 0 Å². The summed E-state index contributed by atoms with van der Waals surface area (Å²) >= 11 is 0. The number of nitriles is 1. The van der Waals surface area contributed by atoms with Gasteiger partial charge in [-0.15, -0.1) is 0 Å². The lowest BCUT2D eigenvalue weighted by Crippen LogP contribution is -2.25. The van der Waals surface area contributed by atoms with Crippen molar-refractivity contribution < 1.29 is 19.1 Å². The number of unbranched alkanes of at least 4 members (excludes halogenated alkanes) is 1. The summed E-state index contributed by atoms with van der Waals surface area (Å²) in [6.07, 6.45) is 7.72. The zero-order valence-corrected chi connectivity index (χ0v) is 17.3. The maximum Gasteiger partial charge on any atom is 0.343 e. The molecule has 0 aromatic heterocycles. The van der Waals surface area contributed by atoms with Gasteiger partial charge in [-0.05, 0) is 80.1 Å². The number of carbonyl (C=O) groups excluding carboxylic acids is 2. The molecule has 0 spiro atoms. The van der Waals surface area contributed by atoms with E-state index in [9.17, 15) is 9.59 Å². The lowest BCUT2D eigenvalue weighted by atomic mass is 9.80. The molecule has 2 aromatic carbocycles. The number of carbonyl (C=O) groups is 2. The van der Waals surface area contributed by atoms with Crippen molar-refractivity contribution in [2.45, 2.75) is 51.9 Å². The van der Waals surface area contributed by atoms with Crippen LogP contribution in [0, 0.1) is 23.2 Å². The highest BCUT2D eigenvalue weighted by atomic mass is 16.5. The lowest BCUT2D eigenvalue weighted by Gasteiger charge is -2.27. The second-order valence-electron chi connectivity index (χ2n) is 7.83. The maximum absolute atomic E-state index is 12.5. The quantitative estimate of drug-likeness (QED) is 0.437. The number of benzene rings is 2. The van der Waals surface area contributed by atoms with Gasteiger partial charge in [0, 0.05) is 0 Å². The van der Waals surface area contributed by atoms with Crippen molar-refractivity contribution in [2.75, 3.05) is 0 Å². The van der Waals surface area contributed by atoms with E-state index in [0.29, 0.717) is 22.6 Å². The van der Waals surface area contributed by atoms with Gasteiger partial charge in [0.25, 0.3) is 0 Å². The molecule has 0 N–H and O–H groups in total. The molecule has 0 bridgehead atoms. The molecule has 5 nitrogen and oxygen atoms in total. The Bertz CT molecular complexity index is 888. The molecule has 1 fully saturated rings. The SMILES string of the molecule is CCCCC1CCC(C(=O)Oc2ccc(C(=O)Oc3ccc(C#N)cc3)cc2)CC1. The van der Waals surface area contributed by atoms with Gasteiger partial charge in [0.05, 0.1) is 23.1 Å². The van der Waals surface area contributed by atoms with E-state index in [1.165, 1.54) is 19.3 Å². The first-order valence-corrected chi connectivity index (χ1v) is 10.6. The van der Waals surface area contributed by atoms with Gasteiger partial charge in [-0.25, -0.2) is 4.79 Å². The van der Waals surface area contributed by atoms with Crippen LogP contribution < -0.4 is 9.47 Å². The lowest BCUT2D eigenvalue weighted by molar-refractivity contribution is -0.140. The van der Waals surface area contributed by atoms with Crippen molar-refractivity contribution in [3.63, 3.8) is 0 Å². The predicted molar refractivity (Wildman–Crippen MR) is 113 cm³/mol. The molecule has 0 aliphatic heterocycles. The summed E-state index contributed by atoms with van der Waals surface area (Å²) in [5.74, 6) is 0.811. The molecule has 1 aliphatic carbocycles. The number of rotatable bonds is 7. The Hall–Kier alpha value is -3.13. The van der Waals surface area contributed by atoms with Crippen LogP contribution in [0.25, 0.3) is 0 Å². The van der Waals surface area contributed by atoms with Crippen molar-refractivity contribution in [2.24, 2.45) is 11.8 Å². The van der Waals surface area contributed by atoms with Crippen LogP contribution in [0.1, 0.15) is 67.8 Å². The average Bonchev–Trinajstić information content (AvgIpc) is 2.79. The Morgan fingerprint density at radius 2 is 1.53 bits per heavy atom. The van der Waals surface area contributed by atoms with Crippen molar-refractivity contribution in [3.8, 4) is 17.6 Å². The molecule has 0 atom stereocenters. The zero-order chi connectivity index (χ0) is 21.3. The summed E-state index contributed by atoms with van der Waals surface area (Å²) < 4.78 is 10.8. The van der Waals surface area contributed by atoms with E-state index in [1.807, 2.05) is 6.07 Å². The molecule has 0 saturated heterocycles. The Balaban J connectivity index is 1.49. The van der Waals surface area contributed by atoms with Gasteiger partial charge in [0.1, 0.15) is 11.5 Å². The van der Waals surface area contributed by atoms with Gasteiger partial charge in [0.2, 0.25) is 0 Å². The summed E-state index contributed by atoms with van der Waals surface area (Å²) in [6.45, 7) is 2.21. The van der Waals surface area contributed by atoms with E-state index < -0.39 is 5.97 Å². The van der Waals surface area contributed by atoms with Crippen LogP contribution in [-0.4, -0.2) is 11.9 Å². The topological polar surface area (TPSA) is 76.4 Å². The highest BCUT2D eigenvalue weighted by molar-refractivity contribution is 5.91. The van der Waals surface area contributed by atoms with Crippen molar-refractivity contribution >= 4 is 11.9 Å². The molecule has 0 heterocycles. The Morgan fingerprint density at radius 3 is 2.13 bits per heavy atom.